The summed E-state index contributed by atoms with van der Waals surface area (Å²) in [5, 5.41) is 0. The third-order valence-corrected chi connectivity index (χ3v) is 5.49. The molecule has 0 aromatic heterocycles. The van der Waals surface area contributed by atoms with Crippen LogP contribution in [0.5, 0.6) is 0 Å². The van der Waals surface area contributed by atoms with Gasteiger partial charge in [-0.25, -0.2) is 0 Å². The first kappa shape index (κ1) is 15.3. The predicted octanol–water partition coefficient (Wildman–Crippen LogP) is 3.65. The Morgan fingerprint density at radius 3 is 1.95 bits per heavy atom. The third kappa shape index (κ3) is 4.19. The van der Waals surface area contributed by atoms with Crippen molar-refractivity contribution in [2.45, 2.75) is 71.3 Å². The Hall–Kier alpha value is -0.0800. The van der Waals surface area contributed by atoms with Gasteiger partial charge in [0.1, 0.15) is 0 Å². The van der Waals surface area contributed by atoms with Crippen LogP contribution in [0.2, 0.25) is 0 Å². The second-order valence-electron chi connectivity index (χ2n) is 7.29. The average Bonchev–Trinajstić information content (AvgIpc) is 3.30. The first-order valence-corrected chi connectivity index (χ1v) is 8.58. The molecule has 0 radical (unpaired) electrons. The lowest BCUT2D eigenvalue weighted by Crippen LogP contribution is -2.55. The van der Waals surface area contributed by atoms with Gasteiger partial charge in [0.05, 0.1) is 0 Å². The summed E-state index contributed by atoms with van der Waals surface area (Å²) in [7, 11) is 0. The van der Waals surface area contributed by atoms with Gasteiger partial charge < -0.3 is 5.73 Å². The summed E-state index contributed by atoms with van der Waals surface area (Å²) in [6.07, 6.45) is 9.60. The van der Waals surface area contributed by atoms with E-state index in [4.69, 9.17) is 5.73 Å². The van der Waals surface area contributed by atoms with E-state index >= 15 is 0 Å². The van der Waals surface area contributed by atoms with Crippen LogP contribution in [0.1, 0.15) is 65.7 Å². The van der Waals surface area contributed by atoms with E-state index in [0.717, 1.165) is 24.3 Å². The number of rotatable bonds is 10. The Balaban J connectivity index is 2.04. The van der Waals surface area contributed by atoms with Gasteiger partial charge in [0.25, 0.3) is 0 Å². The molecule has 2 fully saturated rings. The van der Waals surface area contributed by atoms with Crippen LogP contribution in [-0.2, 0) is 0 Å². The Morgan fingerprint density at radius 1 is 1.11 bits per heavy atom. The summed E-state index contributed by atoms with van der Waals surface area (Å²) in [6, 6.07) is 0. The molecule has 0 aromatic carbocycles. The fourth-order valence-electron chi connectivity index (χ4n) is 3.33. The predicted molar refractivity (Wildman–Crippen MR) is 83.2 cm³/mol. The summed E-state index contributed by atoms with van der Waals surface area (Å²) in [4.78, 5) is 2.81. The van der Waals surface area contributed by atoms with E-state index in [9.17, 15) is 0 Å². The van der Waals surface area contributed by atoms with Crippen molar-refractivity contribution in [3.63, 3.8) is 0 Å². The minimum Gasteiger partial charge on any atom is -0.329 e. The highest BCUT2D eigenvalue weighted by atomic mass is 15.2. The summed E-state index contributed by atoms with van der Waals surface area (Å²) in [5.74, 6) is 2.76. The topological polar surface area (TPSA) is 29.3 Å². The number of nitrogens with two attached hydrogens (primary N) is 1. The van der Waals surface area contributed by atoms with Crippen LogP contribution in [0.25, 0.3) is 0 Å². The molecule has 2 heteroatoms. The zero-order chi connectivity index (χ0) is 13.9. The van der Waals surface area contributed by atoms with Gasteiger partial charge >= 0.3 is 0 Å². The molecule has 19 heavy (non-hydrogen) atoms. The molecule has 0 saturated heterocycles. The molecule has 112 valence electrons. The smallest absolute Gasteiger partial charge is 0.0331 e. The molecule has 0 aromatic rings. The summed E-state index contributed by atoms with van der Waals surface area (Å²) in [6.45, 7) is 10.5. The van der Waals surface area contributed by atoms with E-state index in [1.165, 1.54) is 58.0 Å². The minimum absolute atomic E-state index is 0.278. The van der Waals surface area contributed by atoms with E-state index in [0.29, 0.717) is 0 Å². The highest BCUT2D eigenvalue weighted by molar-refractivity contribution is 4.96. The van der Waals surface area contributed by atoms with E-state index < -0.39 is 0 Å². The van der Waals surface area contributed by atoms with Crippen LogP contribution in [0.15, 0.2) is 0 Å². The van der Waals surface area contributed by atoms with Gasteiger partial charge in [-0.3, -0.25) is 4.90 Å². The Bertz CT molecular complexity index is 250. The quantitative estimate of drug-likeness (QED) is 0.654. The van der Waals surface area contributed by atoms with Gasteiger partial charge in [-0.1, -0.05) is 27.2 Å². The third-order valence-electron chi connectivity index (χ3n) is 5.49. The van der Waals surface area contributed by atoms with Crippen molar-refractivity contribution in [1.82, 2.24) is 4.90 Å². The molecule has 2 rings (SSSR count). The fraction of sp³-hybridized carbons (Fsp3) is 1.00. The lowest BCUT2D eigenvalue weighted by molar-refractivity contribution is 0.0563. The average molecular weight is 266 g/mol. The van der Waals surface area contributed by atoms with Crippen LogP contribution >= 0.6 is 0 Å². The Labute approximate surface area is 120 Å². The molecule has 2 nitrogen and oxygen atoms in total. The summed E-state index contributed by atoms with van der Waals surface area (Å²) < 4.78 is 0. The second-order valence-corrected chi connectivity index (χ2v) is 7.29. The van der Waals surface area contributed by atoms with Gasteiger partial charge in [0.2, 0.25) is 0 Å². The number of hydrogen-bond acceptors (Lipinski definition) is 2. The van der Waals surface area contributed by atoms with Crippen molar-refractivity contribution in [2.75, 3.05) is 19.6 Å². The van der Waals surface area contributed by atoms with Crippen molar-refractivity contribution in [1.29, 1.82) is 0 Å². The van der Waals surface area contributed by atoms with Crippen molar-refractivity contribution >= 4 is 0 Å². The van der Waals surface area contributed by atoms with Crippen LogP contribution in [0, 0.1) is 17.8 Å². The largest absolute Gasteiger partial charge is 0.329 e. The van der Waals surface area contributed by atoms with Gasteiger partial charge in [0, 0.05) is 25.2 Å². The summed E-state index contributed by atoms with van der Waals surface area (Å²) >= 11 is 0. The molecule has 2 N–H and O–H groups in total. The summed E-state index contributed by atoms with van der Waals surface area (Å²) in [5.41, 5.74) is 6.55. The molecule has 2 aliphatic rings. The molecule has 0 spiro atoms. The van der Waals surface area contributed by atoms with E-state index in [1.54, 1.807) is 0 Å². The van der Waals surface area contributed by atoms with Gasteiger partial charge in [0.15, 0.2) is 0 Å². The zero-order valence-corrected chi connectivity index (χ0v) is 13.3. The first-order chi connectivity index (χ1) is 9.13. The molecular weight excluding hydrogens is 232 g/mol. The molecule has 0 bridgehead atoms. The maximum atomic E-state index is 6.27. The van der Waals surface area contributed by atoms with Gasteiger partial charge in [-0.15, -0.1) is 0 Å². The lowest BCUT2D eigenvalue weighted by atomic mass is 9.82. The molecule has 2 unspecified atom stereocenters. The molecular formula is C17H34N2. The van der Waals surface area contributed by atoms with Crippen molar-refractivity contribution in [2.24, 2.45) is 23.5 Å². The van der Waals surface area contributed by atoms with Crippen LogP contribution in [0.3, 0.4) is 0 Å². The Kier molecular flexibility index (Phi) is 5.30. The van der Waals surface area contributed by atoms with E-state index in [1.807, 2.05) is 0 Å². The molecule has 2 atom stereocenters. The van der Waals surface area contributed by atoms with Crippen molar-refractivity contribution < 1.29 is 0 Å². The van der Waals surface area contributed by atoms with E-state index in [2.05, 4.69) is 25.7 Å². The maximum Gasteiger partial charge on any atom is 0.0331 e. The molecule has 0 aliphatic heterocycles. The normalized spacial score (nSPS) is 24.5. The lowest BCUT2D eigenvalue weighted by Gasteiger charge is -2.45. The number of hydrogen-bond donors (Lipinski definition) is 1. The van der Waals surface area contributed by atoms with Gasteiger partial charge in [-0.05, 0) is 56.3 Å². The molecule has 2 aliphatic carbocycles. The molecule has 0 amide bonds. The van der Waals surface area contributed by atoms with Gasteiger partial charge in [-0.2, -0.15) is 0 Å². The first-order valence-electron chi connectivity index (χ1n) is 8.58. The molecule has 2 saturated carbocycles. The maximum absolute atomic E-state index is 6.27. The standard InChI is InChI=1S/C17H34N2/c1-4-14(3)10-17(5-2,13-18)19(11-15-6-7-15)12-16-8-9-16/h14-16H,4-13,18H2,1-3H3. The second kappa shape index (κ2) is 6.58. The zero-order valence-electron chi connectivity index (χ0n) is 13.3. The fourth-order valence-corrected chi connectivity index (χ4v) is 3.33. The van der Waals surface area contributed by atoms with Crippen LogP contribution in [0.4, 0.5) is 0 Å². The highest BCUT2D eigenvalue weighted by Gasteiger charge is 2.40. The molecule has 0 heterocycles. The Morgan fingerprint density at radius 2 is 1.63 bits per heavy atom. The van der Waals surface area contributed by atoms with Crippen LogP contribution < -0.4 is 5.73 Å². The monoisotopic (exact) mass is 266 g/mol. The minimum atomic E-state index is 0.278. The van der Waals surface area contributed by atoms with Crippen molar-refractivity contribution in [3.05, 3.63) is 0 Å². The number of nitrogens with zero attached hydrogens (tertiary/aromatic N) is 1. The highest BCUT2D eigenvalue weighted by Crippen LogP contribution is 2.39. The SMILES string of the molecule is CCC(C)CC(CC)(CN)N(CC1CC1)CC1CC1. The van der Waals surface area contributed by atoms with Crippen LogP contribution in [-0.4, -0.2) is 30.1 Å². The van der Waals surface area contributed by atoms with Crippen molar-refractivity contribution in [3.8, 4) is 0 Å². The van der Waals surface area contributed by atoms with E-state index in [-0.39, 0.29) is 5.54 Å².